The number of carboxylic acids is 1. The van der Waals surface area contributed by atoms with Crippen LogP contribution in [-0.2, 0) is 14.4 Å². The van der Waals surface area contributed by atoms with Crippen LogP contribution in [0.5, 0.6) is 0 Å². The predicted molar refractivity (Wildman–Crippen MR) is 106 cm³/mol. The highest BCUT2D eigenvalue weighted by atomic mass is 16.4. The number of benzene rings is 2. The van der Waals surface area contributed by atoms with E-state index in [1.807, 2.05) is 42.5 Å². The molecule has 0 aliphatic carbocycles. The van der Waals surface area contributed by atoms with Gasteiger partial charge in [-0.25, -0.2) is 0 Å². The summed E-state index contributed by atoms with van der Waals surface area (Å²) in [6.45, 7) is -1.46. The number of imide groups is 1. The van der Waals surface area contributed by atoms with Crippen LogP contribution in [0.25, 0.3) is 11.1 Å². The first-order valence-corrected chi connectivity index (χ1v) is 9.68. The maximum atomic E-state index is 13.0. The highest BCUT2D eigenvalue weighted by Gasteiger charge is 2.68. The molecular weight excluding hydrogens is 388 g/mol. The summed E-state index contributed by atoms with van der Waals surface area (Å²) in [5, 5.41) is 31.9. The molecule has 2 heterocycles. The summed E-state index contributed by atoms with van der Waals surface area (Å²) < 4.78 is 0. The van der Waals surface area contributed by atoms with Gasteiger partial charge in [-0.2, -0.15) is 0 Å². The SMILES string of the molecule is O=C1C2C(c3ccc(-c4ccccc4)cc3)NC(CO)(C(=O)O)C2C(=O)N1CCO. The van der Waals surface area contributed by atoms with Gasteiger partial charge in [-0.05, 0) is 16.7 Å². The van der Waals surface area contributed by atoms with E-state index >= 15 is 0 Å². The lowest BCUT2D eigenvalue weighted by atomic mass is 9.79. The molecule has 0 saturated carbocycles. The third-order valence-electron chi connectivity index (χ3n) is 6.08. The molecule has 2 aliphatic rings. The second-order valence-electron chi connectivity index (χ2n) is 7.60. The number of rotatable bonds is 6. The van der Waals surface area contributed by atoms with Crippen molar-refractivity contribution < 1.29 is 29.7 Å². The van der Waals surface area contributed by atoms with Crippen LogP contribution in [0.3, 0.4) is 0 Å². The molecule has 2 saturated heterocycles. The number of nitrogens with one attached hydrogen (secondary N) is 1. The number of carbonyl (C=O) groups excluding carboxylic acids is 2. The maximum absolute atomic E-state index is 13.0. The molecule has 2 amide bonds. The van der Waals surface area contributed by atoms with Gasteiger partial charge in [-0.3, -0.25) is 24.6 Å². The maximum Gasteiger partial charge on any atom is 0.327 e. The molecule has 0 radical (unpaired) electrons. The van der Waals surface area contributed by atoms with Crippen molar-refractivity contribution in [2.75, 3.05) is 19.8 Å². The van der Waals surface area contributed by atoms with Gasteiger partial charge in [0.1, 0.15) is 0 Å². The quantitative estimate of drug-likeness (QED) is 0.508. The Bertz CT molecular complexity index is 977. The zero-order valence-corrected chi connectivity index (χ0v) is 16.1. The minimum Gasteiger partial charge on any atom is -0.480 e. The van der Waals surface area contributed by atoms with Gasteiger partial charge in [0, 0.05) is 6.04 Å². The van der Waals surface area contributed by atoms with Crippen LogP contribution in [0.2, 0.25) is 0 Å². The van der Waals surface area contributed by atoms with Crippen molar-refractivity contribution in [1.29, 1.82) is 0 Å². The van der Waals surface area contributed by atoms with E-state index in [9.17, 15) is 29.7 Å². The summed E-state index contributed by atoms with van der Waals surface area (Å²) in [4.78, 5) is 38.8. The smallest absolute Gasteiger partial charge is 0.327 e. The summed E-state index contributed by atoms with van der Waals surface area (Å²) >= 11 is 0. The number of hydrogen-bond donors (Lipinski definition) is 4. The second-order valence-corrected chi connectivity index (χ2v) is 7.60. The van der Waals surface area contributed by atoms with Crippen LogP contribution in [0.1, 0.15) is 11.6 Å². The summed E-state index contributed by atoms with van der Waals surface area (Å²) in [7, 11) is 0. The van der Waals surface area contributed by atoms with Gasteiger partial charge >= 0.3 is 5.97 Å². The molecule has 4 rings (SSSR count). The molecule has 0 aromatic heterocycles. The highest BCUT2D eigenvalue weighted by molar-refractivity contribution is 6.09. The molecule has 2 aromatic carbocycles. The minimum atomic E-state index is -1.97. The number of aliphatic carboxylic acids is 1. The van der Waals surface area contributed by atoms with Gasteiger partial charge in [0.2, 0.25) is 11.8 Å². The third kappa shape index (κ3) is 2.92. The van der Waals surface area contributed by atoms with Crippen LogP contribution in [0.15, 0.2) is 54.6 Å². The van der Waals surface area contributed by atoms with E-state index in [4.69, 9.17) is 0 Å². The molecule has 4 unspecified atom stereocenters. The monoisotopic (exact) mass is 410 g/mol. The molecule has 8 heteroatoms. The van der Waals surface area contributed by atoms with Gasteiger partial charge in [0.15, 0.2) is 5.54 Å². The van der Waals surface area contributed by atoms with Crippen molar-refractivity contribution in [2.24, 2.45) is 11.8 Å². The zero-order chi connectivity index (χ0) is 21.5. The summed E-state index contributed by atoms with van der Waals surface area (Å²) in [5.74, 6) is -4.85. The lowest BCUT2D eigenvalue weighted by Crippen LogP contribution is -2.58. The van der Waals surface area contributed by atoms with Gasteiger partial charge in [0.25, 0.3) is 0 Å². The van der Waals surface area contributed by atoms with Crippen LogP contribution < -0.4 is 5.32 Å². The number of fused-ring (bicyclic) bond motifs is 1. The van der Waals surface area contributed by atoms with Crippen LogP contribution in [-0.4, -0.2) is 63.3 Å². The minimum absolute atomic E-state index is 0.203. The number of likely N-dealkylation sites (tertiary alicyclic amines) is 1. The number of nitrogens with zero attached hydrogens (tertiary/aromatic N) is 1. The standard InChI is InChI=1S/C22H22N2O6/c25-11-10-24-19(27)16-17(20(24)28)22(12-26,21(29)30)23-18(16)15-8-6-14(7-9-15)13-4-2-1-3-5-13/h1-9,16-18,23,25-26H,10-12H2,(H,29,30). The first-order valence-electron chi connectivity index (χ1n) is 9.68. The van der Waals surface area contributed by atoms with E-state index in [0.717, 1.165) is 16.0 Å². The van der Waals surface area contributed by atoms with E-state index in [1.54, 1.807) is 12.1 Å². The molecule has 4 atom stereocenters. The van der Waals surface area contributed by atoms with Crippen LogP contribution >= 0.6 is 0 Å². The Hall–Kier alpha value is -3.07. The lowest BCUT2D eigenvalue weighted by molar-refractivity contribution is -0.153. The van der Waals surface area contributed by atoms with Gasteiger partial charge in [-0.15, -0.1) is 0 Å². The van der Waals surface area contributed by atoms with E-state index in [-0.39, 0.29) is 6.54 Å². The number of carboxylic acid groups (broad SMARTS) is 1. The highest BCUT2D eigenvalue weighted by Crippen LogP contribution is 2.48. The van der Waals surface area contributed by atoms with E-state index < -0.39 is 54.4 Å². The van der Waals surface area contributed by atoms with E-state index in [1.165, 1.54) is 0 Å². The summed E-state index contributed by atoms with van der Waals surface area (Å²) in [6, 6.07) is 16.3. The molecule has 156 valence electrons. The average Bonchev–Trinajstić information content (AvgIpc) is 3.25. The Balaban J connectivity index is 1.74. The van der Waals surface area contributed by atoms with Crippen molar-refractivity contribution >= 4 is 17.8 Å². The molecule has 30 heavy (non-hydrogen) atoms. The predicted octanol–water partition coefficient (Wildman–Crippen LogP) is 0.407. The van der Waals surface area contributed by atoms with Crippen molar-refractivity contribution in [3.8, 4) is 11.1 Å². The Labute approximate surface area is 172 Å². The fourth-order valence-corrected chi connectivity index (χ4v) is 4.59. The molecule has 2 fully saturated rings. The van der Waals surface area contributed by atoms with Gasteiger partial charge in [0.05, 0.1) is 31.6 Å². The second kappa shape index (κ2) is 7.64. The molecule has 2 aromatic rings. The van der Waals surface area contributed by atoms with Crippen LogP contribution in [0.4, 0.5) is 0 Å². The lowest BCUT2D eigenvalue weighted by Gasteiger charge is -2.29. The van der Waals surface area contributed by atoms with Crippen LogP contribution in [0, 0.1) is 11.8 Å². The van der Waals surface area contributed by atoms with Crippen molar-refractivity contribution in [3.05, 3.63) is 60.2 Å². The van der Waals surface area contributed by atoms with Crippen molar-refractivity contribution in [3.63, 3.8) is 0 Å². The third-order valence-corrected chi connectivity index (χ3v) is 6.08. The van der Waals surface area contributed by atoms with Gasteiger partial charge < -0.3 is 15.3 Å². The van der Waals surface area contributed by atoms with E-state index in [2.05, 4.69) is 5.32 Å². The summed E-state index contributed by atoms with van der Waals surface area (Å²) in [6.07, 6.45) is 0. The van der Waals surface area contributed by atoms with Crippen molar-refractivity contribution in [2.45, 2.75) is 11.6 Å². The number of aliphatic hydroxyl groups excluding tert-OH is 2. The fourth-order valence-electron chi connectivity index (χ4n) is 4.59. The first kappa shape index (κ1) is 20.2. The molecule has 4 N–H and O–H groups in total. The Morgan fingerprint density at radius 2 is 1.60 bits per heavy atom. The molecule has 2 aliphatic heterocycles. The number of aliphatic hydroxyl groups is 2. The zero-order valence-electron chi connectivity index (χ0n) is 16.1. The fraction of sp³-hybridized carbons (Fsp3) is 0.318. The molecule has 8 nitrogen and oxygen atoms in total. The molecule has 0 bridgehead atoms. The number of β-amino-alcohol motifs (C(OH)–C–C–N with tert-alkyl or cyclic N) is 1. The topological polar surface area (TPSA) is 127 Å². The molecule has 0 spiro atoms. The Morgan fingerprint density at radius 1 is 0.967 bits per heavy atom. The first-order chi connectivity index (χ1) is 14.4. The summed E-state index contributed by atoms with van der Waals surface area (Å²) in [5.41, 5.74) is 0.645. The Kier molecular flexibility index (Phi) is 5.15. The number of hydrogen-bond acceptors (Lipinski definition) is 6. The molecular formula is C22H22N2O6. The van der Waals surface area contributed by atoms with Crippen molar-refractivity contribution in [1.82, 2.24) is 10.2 Å². The van der Waals surface area contributed by atoms with E-state index in [0.29, 0.717) is 5.56 Å². The number of amides is 2. The number of carbonyl (C=O) groups is 3. The normalized spacial score (nSPS) is 28.1. The average molecular weight is 410 g/mol. The Morgan fingerprint density at radius 3 is 2.17 bits per heavy atom. The largest absolute Gasteiger partial charge is 0.480 e. The van der Waals surface area contributed by atoms with Gasteiger partial charge in [-0.1, -0.05) is 54.6 Å².